The minimum Gasteiger partial charge on any atom is -0.294 e. The number of hydrogen-bond donors (Lipinski definition) is 0. The van der Waals surface area contributed by atoms with E-state index >= 15 is 0 Å². The number of carbonyl (C=O) groups excluding carboxylic acids is 1. The Kier molecular flexibility index (Phi) is 3.04. The van der Waals surface area contributed by atoms with E-state index in [9.17, 15) is 4.79 Å². The van der Waals surface area contributed by atoms with Gasteiger partial charge < -0.3 is 0 Å². The number of aryl methyl sites for hydroxylation is 1. The summed E-state index contributed by atoms with van der Waals surface area (Å²) in [6.45, 7) is 3.80. The van der Waals surface area contributed by atoms with Crippen molar-refractivity contribution in [3.8, 4) is 11.1 Å². The molecule has 0 saturated carbocycles. The Bertz CT molecular complexity index is 485. The van der Waals surface area contributed by atoms with Crippen molar-refractivity contribution in [3.63, 3.8) is 0 Å². The van der Waals surface area contributed by atoms with Crippen LogP contribution in [0.1, 0.15) is 36.2 Å². The highest BCUT2D eigenvalue weighted by Crippen LogP contribution is 2.32. The molecule has 0 atom stereocenters. The summed E-state index contributed by atoms with van der Waals surface area (Å²) in [5, 5.41) is 0. The highest BCUT2D eigenvalue weighted by Gasteiger charge is 2.16. The van der Waals surface area contributed by atoms with Crippen LogP contribution in [0.4, 0.5) is 0 Å². The standard InChI is InChI=1S/C15H16O/c1-3-7-12-10-15(11(2)16)14-9-6-4-5-8-13(12)14/h4-6,8-10H,3,7H2,1-2H3. The van der Waals surface area contributed by atoms with Gasteiger partial charge in [0.05, 0.1) is 0 Å². The van der Waals surface area contributed by atoms with Gasteiger partial charge in [-0.2, -0.15) is 0 Å². The smallest absolute Gasteiger partial charge is 0.160 e. The van der Waals surface area contributed by atoms with Crippen molar-refractivity contribution in [2.24, 2.45) is 0 Å². The van der Waals surface area contributed by atoms with Crippen LogP contribution in [0, 0.1) is 0 Å². The highest BCUT2D eigenvalue weighted by molar-refractivity contribution is 6.03. The summed E-state index contributed by atoms with van der Waals surface area (Å²) in [5.74, 6) is 0.151. The van der Waals surface area contributed by atoms with Crippen LogP contribution in [0.3, 0.4) is 0 Å². The lowest BCUT2D eigenvalue weighted by Crippen LogP contribution is -1.89. The maximum atomic E-state index is 11.6. The summed E-state index contributed by atoms with van der Waals surface area (Å²) in [7, 11) is 0. The normalized spacial score (nSPS) is 10.6. The Morgan fingerprint density at radius 2 is 1.81 bits per heavy atom. The first-order chi connectivity index (χ1) is 7.74. The maximum Gasteiger partial charge on any atom is 0.160 e. The minimum absolute atomic E-state index is 0.151. The molecule has 0 amide bonds. The van der Waals surface area contributed by atoms with Crippen molar-refractivity contribution in [1.82, 2.24) is 0 Å². The van der Waals surface area contributed by atoms with Crippen molar-refractivity contribution < 1.29 is 4.79 Å². The Morgan fingerprint density at radius 1 is 1.12 bits per heavy atom. The Morgan fingerprint density at radius 3 is 2.44 bits per heavy atom. The summed E-state index contributed by atoms with van der Waals surface area (Å²) < 4.78 is 0. The molecular formula is C15H16O. The lowest BCUT2D eigenvalue weighted by atomic mass is 10.0. The zero-order chi connectivity index (χ0) is 11.5. The van der Waals surface area contributed by atoms with E-state index in [2.05, 4.69) is 19.1 Å². The maximum absolute atomic E-state index is 11.6. The SMILES string of the molecule is CCCc1cc(C(C)=O)c2cccccc1-2. The number of Topliss-reactive ketones (excluding diaryl/α,β-unsaturated/α-hetero) is 1. The third kappa shape index (κ3) is 1.85. The van der Waals surface area contributed by atoms with Gasteiger partial charge in [-0.15, -0.1) is 0 Å². The monoisotopic (exact) mass is 212 g/mol. The molecule has 0 N–H and O–H groups in total. The number of ketones is 1. The second kappa shape index (κ2) is 4.48. The molecule has 82 valence electrons. The molecule has 1 nitrogen and oxygen atoms in total. The van der Waals surface area contributed by atoms with Gasteiger partial charge in [-0.05, 0) is 36.1 Å². The molecule has 0 aromatic rings. The van der Waals surface area contributed by atoms with Crippen molar-refractivity contribution in [2.75, 3.05) is 0 Å². The largest absolute Gasteiger partial charge is 0.294 e. The van der Waals surface area contributed by atoms with E-state index in [1.807, 2.05) is 24.3 Å². The quantitative estimate of drug-likeness (QED) is 0.704. The molecule has 0 bridgehead atoms. The third-order valence-electron chi connectivity index (χ3n) is 2.89. The van der Waals surface area contributed by atoms with Crippen LogP contribution in [-0.4, -0.2) is 5.78 Å². The molecule has 16 heavy (non-hydrogen) atoms. The summed E-state index contributed by atoms with van der Waals surface area (Å²) >= 11 is 0. The van der Waals surface area contributed by atoms with Gasteiger partial charge in [0.15, 0.2) is 5.78 Å². The Balaban J connectivity index is 2.64. The van der Waals surface area contributed by atoms with Gasteiger partial charge in [0.25, 0.3) is 0 Å². The molecule has 0 aliphatic heterocycles. The number of carbonyl (C=O) groups is 1. The zero-order valence-electron chi connectivity index (χ0n) is 9.79. The van der Waals surface area contributed by atoms with E-state index in [0.29, 0.717) is 0 Å². The van der Waals surface area contributed by atoms with E-state index in [-0.39, 0.29) is 5.78 Å². The van der Waals surface area contributed by atoms with Gasteiger partial charge in [-0.3, -0.25) is 4.79 Å². The number of fused-ring (bicyclic) bond motifs is 1. The predicted octanol–water partition coefficient (Wildman–Crippen LogP) is 3.95. The van der Waals surface area contributed by atoms with Gasteiger partial charge in [-0.25, -0.2) is 0 Å². The van der Waals surface area contributed by atoms with Gasteiger partial charge in [0.2, 0.25) is 0 Å². The molecule has 0 spiro atoms. The highest BCUT2D eigenvalue weighted by atomic mass is 16.1. The van der Waals surface area contributed by atoms with Gasteiger partial charge >= 0.3 is 0 Å². The first-order valence-corrected chi connectivity index (χ1v) is 5.75. The van der Waals surface area contributed by atoms with Crippen LogP contribution >= 0.6 is 0 Å². The van der Waals surface area contributed by atoms with E-state index in [1.54, 1.807) is 6.92 Å². The van der Waals surface area contributed by atoms with Crippen LogP contribution in [0.25, 0.3) is 11.1 Å². The second-order valence-electron chi connectivity index (χ2n) is 4.13. The van der Waals surface area contributed by atoms with E-state index in [4.69, 9.17) is 0 Å². The lowest BCUT2D eigenvalue weighted by Gasteiger charge is -1.99. The van der Waals surface area contributed by atoms with Gasteiger partial charge in [0, 0.05) is 5.56 Å². The molecule has 0 aromatic carbocycles. The average molecular weight is 212 g/mol. The molecule has 0 radical (unpaired) electrons. The molecule has 0 heterocycles. The first kappa shape index (κ1) is 10.9. The third-order valence-corrected chi connectivity index (χ3v) is 2.89. The van der Waals surface area contributed by atoms with Crippen LogP contribution in [0.15, 0.2) is 36.4 Å². The van der Waals surface area contributed by atoms with Crippen LogP contribution < -0.4 is 0 Å². The Hall–Kier alpha value is -1.63. The number of rotatable bonds is 3. The predicted molar refractivity (Wildman–Crippen MR) is 67.1 cm³/mol. The Labute approximate surface area is 96.5 Å². The fourth-order valence-electron chi connectivity index (χ4n) is 2.16. The minimum atomic E-state index is 0.151. The average Bonchev–Trinajstić information content (AvgIpc) is 2.46. The molecular weight excluding hydrogens is 196 g/mol. The van der Waals surface area contributed by atoms with Crippen LogP contribution in [-0.2, 0) is 6.42 Å². The molecule has 0 unspecified atom stereocenters. The molecule has 0 saturated heterocycles. The van der Waals surface area contributed by atoms with Crippen molar-refractivity contribution in [3.05, 3.63) is 47.5 Å². The van der Waals surface area contributed by atoms with E-state index < -0.39 is 0 Å². The summed E-state index contributed by atoms with van der Waals surface area (Å²) in [6, 6.07) is 12.2. The molecule has 2 aliphatic carbocycles. The van der Waals surface area contributed by atoms with Crippen LogP contribution in [0.2, 0.25) is 0 Å². The van der Waals surface area contributed by atoms with Crippen LogP contribution in [0.5, 0.6) is 0 Å². The fourth-order valence-corrected chi connectivity index (χ4v) is 2.16. The first-order valence-electron chi connectivity index (χ1n) is 5.75. The fraction of sp³-hybridized carbons (Fsp3) is 0.267. The summed E-state index contributed by atoms with van der Waals surface area (Å²) in [6.07, 6.45) is 2.14. The topological polar surface area (TPSA) is 17.1 Å². The lowest BCUT2D eigenvalue weighted by molar-refractivity contribution is 0.101. The molecule has 0 aromatic heterocycles. The summed E-state index contributed by atoms with van der Waals surface area (Å²) in [4.78, 5) is 11.6. The second-order valence-corrected chi connectivity index (χ2v) is 4.13. The van der Waals surface area contributed by atoms with Gasteiger partial charge in [-0.1, -0.05) is 43.7 Å². The molecule has 0 fully saturated rings. The van der Waals surface area contributed by atoms with Crippen molar-refractivity contribution in [2.45, 2.75) is 26.7 Å². The van der Waals surface area contributed by atoms with E-state index in [0.717, 1.165) is 24.0 Å². The van der Waals surface area contributed by atoms with Crippen molar-refractivity contribution >= 4 is 5.78 Å². The van der Waals surface area contributed by atoms with Gasteiger partial charge in [0.1, 0.15) is 0 Å². The zero-order valence-corrected chi connectivity index (χ0v) is 9.79. The number of hydrogen-bond acceptors (Lipinski definition) is 1. The van der Waals surface area contributed by atoms with Crippen molar-refractivity contribution in [1.29, 1.82) is 0 Å². The molecule has 1 heteroatoms. The van der Waals surface area contributed by atoms with E-state index in [1.165, 1.54) is 11.1 Å². The molecule has 2 rings (SSSR count). The molecule has 2 aliphatic rings. The summed E-state index contributed by atoms with van der Waals surface area (Å²) in [5.41, 5.74) is 4.45.